The Bertz CT molecular complexity index is 344. The number of carboxylic acid groups (broad SMARTS) is 1. The van der Waals surface area contributed by atoms with Crippen molar-refractivity contribution >= 4 is 12.0 Å². The third kappa shape index (κ3) is 5.21. The van der Waals surface area contributed by atoms with Gasteiger partial charge in [0.25, 0.3) is 0 Å². The molecule has 5 heteroatoms. The molecule has 1 rings (SSSR count). The summed E-state index contributed by atoms with van der Waals surface area (Å²) in [4.78, 5) is 27.7. The lowest BCUT2D eigenvalue weighted by molar-refractivity contribution is -0.142. The van der Waals surface area contributed by atoms with Crippen molar-refractivity contribution in [2.45, 2.75) is 77.8 Å². The van der Waals surface area contributed by atoms with Crippen LogP contribution in [0.15, 0.2) is 0 Å². The molecule has 2 amide bonds. The SMILES string of the molecule is CCCCCN(C(=O)N1CCCCCC1C(=O)O)C(C)C. The summed E-state index contributed by atoms with van der Waals surface area (Å²) in [6.07, 6.45) is 6.55. The molecule has 0 spiro atoms. The number of rotatable bonds is 6. The summed E-state index contributed by atoms with van der Waals surface area (Å²) in [5.74, 6) is -0.873. The highest BCUT2D eigenvalue weighted by molar-refractivity contribution is 5.83. The molecule has 1 saturated heterocycles. The van der Waals surface area contributed by atoms with Crippen LogP contribution in [0.1, 0.15) is 65.7 Å². The summed E-state index contributed by atoms with van der Waals surface area (Å²) in [5, 5.41) is 9.40. The van der Waals surface area contributed by atoms with Gasteiger partial charge in [0.15, 0.2) is 0 Å². The molecule has 1 atom stereocenters. The van der Waals surface area contributed by atoms with Crippen molar-refractivity contribution in [2.75, 3.05) is 13.1 Å². The average Bonchev–Trinajstić information content (AvgIpc) is 2.68. The van der Waals surface area contributed by atoms with E-state index in [4.69, 9.17) is 0 Å². The molecule has 21 heavy (non-hydrogen) atoms. The van der Waals surface area contributed by atoms with Gasteiger partial charge in [-0.05, 0) is 33.1 Å². The van der Waals surface area contributed by atoms with Crippen molar-refractivity contribution in [1.29, 1.82) is 0 Å². The van der Waals surface area contributed by atoms with Gasteiger partial charge in [0, 0.05) is 19.1 Å². The van der Waals surface area contributed by atoms with Gasteiger partial charge in [-0.15, -0.1) is 0 Å². The fraction of sp³-hybridized carbons (Fsp3) is 0.875. The zero-order valence-electron chi connectivity index (χ0n) is 13.7. The lowest BCUT2D eigenvalue weighted by atomic mass is 10.1. The predicted molar refractivity (Wildman–Crippen MR) is 83.4 cm³/mol. The van der Waals surface area contributed by atoms with Crippen molar-refractivity contribution < 1.29 is 14.7 Å². The number of amides is 2. The molecule has 0 saturated carbocycles. The summed E-state index contributed by atoms with van der Waals surface area (Å²) >= 11 is 0. The van der Waals surface area contributed by atoms with E-state index in [1.807, 2.05) is 18.7 Å². The van der Waals surface area contributed by atoms with E-state index in [1.54, 1.807) is 4.90 Å². The number of unbranched alkanes of at least 4 members (excludes halogenated alkanes) is 2. The summed E-state index contributed by atoms with van der Waals surface area (Å²) in [7, 11) is 0. The van der Waals surface area contributed by atoms with E-state index in [0.29, 0.717) is 19.5 Å². The molecule has 1 aliphatic rings. The summed E-state index contributed by atoms with van der Waals surface area (Å²) < 4.78 is 0. The normalized spacial score (nSPS) is 19.4. The Hall–Kier alpha value is -1.26. The highest BCUT2D eigenvalue weighted by atomic mass is 16.4. The van der Waals surface area contributed by atoms with Gasteiger partial charge in [-0.25, -0.2) is 9.59 Å². The highest BCUT2D eigenvalue weighted by Gasteiger charge is 2.33. The quantitative estimate of drug-likeness (QED) is 0.765. The van der Waals surface area contributed by atoms with Crippen molar-refractivity contribution in [2.24, 2.45) is 0 Å². The van der Waals surface area contributed by atoms with E-state index in [1.165, 1.54) is 0 Å². The second-order valence-electron chi connectivity index (χ2n) is 6.17. The molecular formula is C16H30N2O3. The number of carboxylic acids is 1. The van der Waals surface area contributed by atoms with Crippen LogP contribution in [0.4, 0.5) is 4.79 Å². The lowest BCUT2D eigenvalue weighted by Gasteiger charge is -2.35. The van der Waals surface area contributed by atoms with Crippen molar-refractivity contribution in [3.05, 3.63) is 0 Å². The minimum absolute atomic E-state index is 0.101. The van der Waals surface area contributed by atoms with Gasteiger partial charge in [-0.2, -0.15) is 0 Å². The Kier molecular flexibility index (Phi) is 7.54. The molecule has 122 valence electrons. The number of hydrogen-bond acceptors (Lipinski definition) is 2. The number of hydrogen-bond donors (Lipinski definition) is 1. The van der Waals surface area contributed by atoms with Crippen molar-refractivity contribution in [1.82, 2.24) is 9.80 Å². The second kappa shape index (κ2) is 8.90. The zero-order valence-corrected chi connectivity index (χ0v) is 13.7. The Morgan fingerprint density at radius 2 is 1.95 bits per heavy atom. The molecule has 0 bridgehead atoms. The Morgan fingerprint density at radius 3 is 2.52 bits per heavy atom. The van der Waals surface area contributed by atoms with Gasteiger partial charge >= 0.3 is 12.0 Å². The van der Waals surface area contributed by atoms with Crippen molar-refractivity contribution in [3.8, 4) is 0 Å². The maximum Gasteiger partial charge on any atom is 0.326 e. The van der Waals surface area contributed by atoms with Crippen LogP contribution in [0.25, 0.3) is 0 Å². The minimum Gasteiger partial charge on any atom is -0.480 e. The zero-order chi connectivity index (χ0) is 15.8. The summed E-state index contributed by atoms with van der Waals surface area (Å²) in [6.45, 7) is 7.41. The molecule has 0 radical (unpaired) electrons. The maximum atomic E-state index is 12.8. The molecule has 0 aromatic rings. The van der Waals surface area contributed by atoms with Crippen LogP contribution in [-0.2, 0) is 4.79 Å². The first kappa shape index (κ1) is 17.8. The van der Waals surface area contributed by atoms with Crippen LogP contribution in [0.2, 0.25) is 0 Å². The number of aliphatic carboxylic acids is 1. The van der Waals surface area contributed by atoms with E-state index >= 15 is 0 Å². The Balaban J connectivity index is 2.80. The molecule has 0 aromatic heterocycles. The first-order valence-corrected chi connectivity index (χ1v) is 8.29. The van der Waals surface area contributed by atoms with Gasteiger partial charge in [0.1, 0.15) is 6.04 Å². The fourth-order valence-corrected chi connectivity index (χ4v) is 2.87. The van der Waals surface area contributed by atoms with Gasteiger partial charge in [-0.1, -0.05) is 32.6 Å². The third-order valence-electron chi connectivity index (χ3n) is 4.16. The Morgan fingerprint density at radius 1 is 1.24 bits per heavy atom. The number of likely N-dealkylation sites (tertiary alicyclic amines) is 1. The van der Waals surface area contributed by atoms with E-state index < -0.39 is 12.0 Å². The van der Waals surface area contributed by atoms with Crippen LogP contribution in [0, 0.1) is 0 Å². The number of carbonyl (C=O) groups is 2. The minimum atomic E-state index is -0.873. The monoisotopic (exact) mass is 298 g/mol. The first-order chi connectivity index (χ1) is 9.99. The van der Waals surface area contributed by atoms with Crippen LogP contribution in [0.3, 0.4) is 0 Å². The summed E-state index contributed by atoms with van der Waals surface area (Å²) in [5.41, 5.74) is 0. The van der Waals surface area contributed by atoms with Crippen molar-refractivity contribution in [3.63, 3.8) is 0 Å². The van der Waals surface area contributed by atoms with Gasteiger partial charge < -0.3 is 14.9 Å². The van der Waals surface area contributed by atoms with Crippen LogP contribution in [-0.4, -0.2) is 52.1 Å². The van der Waals surface area contributed by atoms with E-state index in [-0.39, 0.29) is 12.1 Å². The molecule has 0 aliphatic carbocycles. The molecule has 5 nitrogen and oxygen atoms in total. The van der Waals surface area contributed by atoms with Gasteiger partial charge in [0.05, 0.1) is 0 Å². The maximum absolute atomic E-state index is 12.8. The third-order valence-corrected chi connectivity index (χ3v) is 4.16. The molecular weight excluding hydrogens is 268 g/mol. The van der Waals surface area contributed by atoms with E-state index in [2.05, 4.69) is 6.92 Å². The lowest BCUT2D eigenvalue weighted by Crippen LogP contribution is -2.52. The average molecular weight is 298 g/mol. The van der Waals surface area contributed by atoms with Crippen LogP contribution < -0.4 is 0 Å². The smallest absolute Gasteiger partial charge is 0.326 e. The molecule has 1 unspecified atom stereocenters. The fourth-order valence-electron chi connectivity index (χ4n) is 2.87. The van der Waals surface area contributed by atoms with Gasteiger partial charge in [0.2, 0.25) is 0 Å². The second-order valence-corrected chi connectivity index (χ2v) is 6.17. The predicted octanol–water partition coefficient (Wildman–Crippen LogP) is 3.34. The number of urea groups is 1. The van der Waals surface area contributed by atoms with E-state index in [9.17, 15) is 14.7 Å². The molecule has 0 aromatic carbocycles. The largest absolute Gasteiger partial charge is 0.480 e. The number of nitrogens with zero attached hydrogens (tertiary/aromatic N) is 2. The standard InChI is InChI=1S/C16H30N2O3/c1-4-5-8-11-17(13(2)3)16(21)18-12-9-6-7-10-14(18)15(19)20/h13-14H,4-12H2,1-3H3,(H,19,20). The Labute approximate surface area is 128 Å². The highest BCUT2D eigenvalue weighted by Crippen LogP contribution is 2.20. The molecule has 1 heterocycles. The van der Waals surface area contributed by atoms with Gasteiger partial charge in [-0.3, -0.25) is 0 Å². The number of carbonyl (C=O) groups excluding carboxylic acids is 1. The van der Waals surface area contributed by atoms with Crippen LogP contribution >= 0.6 is 0 Å². The van der Waals surface area contributed by atoms with E-state index in [0.717, 1.165) is 38.5 Å². The topological polar surface area (TPSA) is 60.9 Å². The molecule has 1 aliphatic heterocycles. The first-order valence-electron chi connectivity index (χ1n) is 8.29. The molecule has 1 fully saturated rings. The van der Waals surface area contributed by atoms with Crippen LogP contribution in [0.5, 0.6) is 0 Å². The summed E-state index contributed by atoms with van der Waals surface area (Å²) in [6, 6.07) is -0.658. The molecule has 1 N–H and O–H groups in total.